The molecule has 0 aromatic carbocycles. The van der Waals surface area contributed by atoms with E-state index in [4.69, 9.17) is 0 Å². The molecule has 58 valence electrons. The molecule has 0 rings (SSSR count). The van der Waals surface area contributed by atoms with E-state index in [-0.39, 0.29) is 0 Å². The first-order chi connectivity index (χ1) is 3.97. The van der Waals surface area contributed by atoms with Gasteiger partial charge in [-0.3, -0.25) is 4.18 Å². The Kier molecular flexibility index (Phi) is 7.53. The summed E-state index contributed by atoms with van der Waals surface area (Å²) >= 11 is 0. The van der Waals surface area contributed by atoms with E-state index < -0.39 is 10.4 Å². The normalized spacial score (nSPS) is 9.78. The lowest BCUT2D eigenvalue weighted by atomic mass is 11.8. The Morgan fingerprint density at radius 3 is 1.67 bits per heavy atom. The molecule has 0 saturated carbocycles. The van der Waals surface area contributed by atoms with Crippen LogP contribution in [-0.2, 0) is 14.6 Å². The lowest BCUT2D eigenvalue weighted by Crippen LogP contribution is -2.97. The second kappa shape index (κ2) is 5.88. The molecule has 0 bridgehead atoms. The van der Waals surface area contributed by atoms with Gasteiger partial charge in [-0.25, -0.2) is 8.42 Å². The van der Waals surface area contributed by atoms with E-state index in [1.165, 1.54) is 0 Å². The summed E-state index contributed by atoms with van der Waals surface area (Å²) in [7, 11) is -3.60. The number of rotatable bonds is 1. The summed E-state index contributed by atoms with van der Waals surface area (Å²) in [5.41, 5.74) is 1.00. The average molecular weight is 159 g/mol. The van der Waals surface area contributed by atoms with Gasteiger partial charge in [-0.05, 0) is 0 Å². The minimum Gasteiger partial charge on any atom is -0.726 e. The molecule has 0 amide bonds. The molecule has 0 aliphatic carbocycles. The van der Waals surface area contributed by atoms with Crippen molar-refractivity contribution in [1.82, 2.24) is 0 Å². The van der Waals surface area contributed by atoms with E-state index in [2.05, 4.69) is 15.9 Å². The molecule has 6 N–H and O–H groups in total. The standard InChI is InChI=1S/CH4O4S.H5N3/c1-5-6(2,3)4;1-3-2/h1H3,(H,2,3,4);3H,1-2H2. The van der Waals surface area contributed by atoms with E-state index in [1.807, 2.05) is 0 Å². The second-order valence-corrected chi connectivity index (χ2v) is 1.92. The van der Waals surface area contributed by atoms with Gasteiger partial charge in [-0.15, -0.1) is 0 Å². The minimum absolute atomic E-state index is 0.808. The molecule has 0 aromatic heterocycles. The van der Waals surface area contributed by atoms with Gasteiger partial charge in [0.2, 0.25) is 10.4 Å². The predicted octanol–water partition coefficient (Wildman–Crippen LogP) is -3.61. The molecular weight excluding hydrogens is 150 g/mol. The first-order valence-corrected chi connectivity index (χ1v) is 3.07. The third-order valence-electron chi connectivity index (χ3n) is 0.204. The van der Waals surface area contributed by atoms with Gasteiger partial charge in [0.15, 0.2) is 0 Å². The van der Waals surface area contributed by atoms with Crippen molar-refractivity contribution in [3.8, 4) is 0 Å². The van der Waals surface area contributed by atoms with Crippen LogP contribution in [0, 0.1) is 0 Å². The fourth-order valence-electron chi connectivity index (χ4n) is 0. The van der Waals surface area contributed by atoms with Gasteiger partial charge < -0.3 is 4.55 Å². The van der Waals surface area contributed by atoms with Crippen LogP contribution in [0.2, 0.25) is 0 Å². The van der Waals surface area contributed by atoms with Crippen LogP contribution in [0.15, 0.2) is 0 Å². The Hall–Kier alpha value is -0.250. The molecule has 0 saturated heterocycles. The van der Waals surface area contributed by atoms with Crippen molar-refractivity contribution >= 4 is 10.4 Å². The van der Waals surface area contributed by atoms with Crippen LogP contribution in [0.3, 0.4) is 0 Å². The number of hydrogen-bond acceptors (Lipinski definition) is 6. The molecule has 0 spiro atoms. The van der Waals surface area contributed by atoms with Crippen LogP contribution >= 0.6 is 0 Å². The van der Waals surface area contributed by atoms with Crippen molar-refractivity contribution in [1.29, 1.82) is 0 Å². The van der Waals surface area contributed by atoms with Gasteiger partial charge in [0.05, 0.1) is 7.11 Å². The fourth-order valence-corrected chi connectivity index (χ4v) is 0. The molecule has 0 aliphatic rings. The summed E-state index contributed by atoms with van der Waals surface area (Å²) in [4.78, 5) is 0. The molecule has 0 unspecified atom stereocenters. The topological polar surface area (TPSA) is 135 Å². The molecule has 7 nitrogen and oxygen atoms in total. The summed E-state index contributed by atoms with van der Waals surface area (Å²) < 4.78 is 31.0. The van der Waals surface area contributed by atoms with Crippen LogP contribution in [0.1, 0.15) is 0 Å². The minimum atomic E-state index is -4.41. The Labute approximate surface area is 52.9 Å². The molecule has 0 heterocycles. The SMILES string of the molecule is COS(=O)(=O)[O-].N[NH2+]N. The highest BCUT2D eigenvalue weighted by Crippen LogP contribution is 1.74. The maximum Gasteiger partial charge on any atom is 0.217 e. The van der Waals surface area contributed by atoms with E-state index in [9.17, 15) is 13.0 Å². The Morgan fingerprint density at radius 1 is 1.56 bits per heavy atom. The van der Waals surface area contributed by atoms with Crippen molar-refractivity contribution in [3.63, 3.8) is 0 Å². The van der Waals surface area contributed by atoms with Crippen molar-refractivity contribution < 1.29 is 22.7 Å². The molecule has 0 radical (unpaired) electrons. The van der Waals surface area contributed by atoms with Crippen LogP contribution in [0.4, 0.5) is 0 Å². The summed E-state index contributed by atoms with van der Waals surface area (Å²) in [6.07, 6.45) is 0. The highest BCUT2D eigenvalue weighted by atomic mass is 32.3. The quantitative estimate of drug-likeness (QED) is 0.156. The molecular formula is CH9N3O4S. The Morgan fingerprint density at radius 2 is 1.67 bits per heavy atom. The number of nitrogens with two attached hydrogens (primary N) is 3. The smallest absolute Gasteiger partial charge is 0.217 e. The molecule has 0 aliphatic heterocycles. The summed E-state index contributed by atoms with van der Waals surface area (Å²) in [6.45, 7) is 0. The number of quaternary nitrogens is 1. The first-order valence-electron chi connectivity index (χ1n) is 1.74. The maximum absolute atomic E-state index is 9.22. The highest BCUT2D eigenvalue weighted by molar-refractivity contribution is 7.80. The van der Waals surface area contributed by atoms with E-state index in [1.54, 1.807) is 0 Å². The molecule has 9 heavy (non-hydrogen) atoms. The van der Waals surface area contributed by atoms with E-state index in [0.717, 1.165) is 12.6 Å². The molecule has 8 heteroatoms. The molecule has 0 fully saturated rings. The van der Waals surface area contributed by atoms with E-state index in [0.29, 0.717) is 0 Å². The van der Waals surface area contributed by atoms with Crippen LogP contribution in [0.5, 0.6) is 0 Å². The number of hydrogen-bond donors (Lipinski definition) is 3. The lowest BCUT2D eigenvalue weighted by Gasteiger charge is -1.98. The summed E-state index contributed by atoms with van der Waals surface area (Å²) in [5.74, 6) is 9.00. The van der Waals surface area contributed by atoms with Gasteiger partial charge in [-0.2, -0.15) is 17.2 Å². The van der Waals surface area contributed by atoms with Gasteiger partial charge in [0.1, 0.15) is 0 Å². The first kappa shape index (κ1) is 11.5. The van der Waals surface area contributed by atoms with Crippen LogP contribution < -0.4 is 17.2 Å². The van der Waals surface area contributed by atoms with Crippen LogP contribution in [0.25, 0.3) is 0 Å². The van der Waals surface area contributed by atoms with Crippen molar-refractivity contribution in [2.45, 2.75) is 0 Å². The van der Waals surface area contributed by atoms with E-state index >= 15 is 0 Å². The van der Waals surface area contributed by atoms with Crippen LogP contribution in [-0.4, -0.2) is 20.1 Å². The fraction of sp³-hybridized carbons (Fsp3) is 1.00. The Bertz CT molecular complexity index is 129. The predicted molar refractivity (Wildman–Crippen MR) is 27.0 cm³/mol. The third-order valence-corrected chi connectivity index (χ3v) is 0.612. The van der Waals surface area contributed by atoms with Gasteiger partial charge in [0.25, 0.3) is 0 Å². The summed E-state index contributed by atoms with van der Waals surface area (Å²) in [6, 6.07) is 0. The average Bonchev–Trinajstić information content (AvgIpc) is 1.67. The summed E-state index contributed by atoms with van der Waals surface area (Å²) in [5, 5.41) is 0. The second-order valence-electron chi connectivity index (χ2n) is 0.767. The van der Waals surface area contributed by atoms with Gasteiger partial charge in [-0.1, -0.05) is 0 Å². The lowest BCUT2D eigenvalue weighted by molar-refractivity contribution is -0.680. The van der Waals surface area contributed by atoms with Crippen molar-refractivity contribution in [2.24, 2.45) is 11.7 Å². The van der Waals surface area contributed by atoms with Gasteiger partial charge in [0, 0.05) is 0 Å². The van der Waals surface area contributed by atoms with Gasteiger partial charge >= 0.3 is 0 Å². The third kappa shape index (κ3) is 33.9. The molecule has 0 aromatic rings. The maximum atomic E-state index is 9.22. The largest absolute Gasteiger partial charge is 0.726 e. The van der Waals surface area contributed by atoms with Crippen molar-refractivity contribution in [3.05, 3.63) is 0 Å². The highest BCUT2D eigenvalue weighted by Gasteiger charge is 1.79. The zero-order valence-corrected chi connectivity index (χ0v) is 5.59. The Balaban J connectivity index is 0. The monoisotopic (exact) mass is 159 g/mol. The van der Waals surface area contributed by atoms with Crippen molar-refractivity contribution in [2.75, 3.05) is 7.11 Å². The molecule has 0 atom stereocenters. The zero-order chi connectivity index (χ0) is 7.91. The zero-order valence-electron chi connectivity index (χ0n) is 4.77.